The van der Waals surface area contributed by atoms with E-state index in [0.29, 0.717) is 42.2 Å². The maximum absolute atomic E-state index is 13.7. The van der Waals surface area contributed by atoms with Crippen molar-refractivity contribution in [2.45, 2.75) is 39.2 Å². The first-order valence-corrected chi connectivity index (χ1v) is 9.23. The van der Waals surface area contributed by atoms with Crippen LogP contribution in [-0.4, -0.2) is 32.1 Å². The van der Waals surface area contributed by atoms with Crippen LogP contribution in [-0.2, 0) is 17.6 Å². The van der Waals surface area contributed by atoms with Gasteiger partial charge < -0.3 is 20.1 Å². The van der Waals surface area contributed by atoms with Gasteiger partial charge in [-0.05, 0) is 50.8 Å². The van der Waals surface area contributed by atoms with E-state index in [0.717, 1.165) is 16.6 Å². The lowest BCUT2D eigenvalue weighted by molar-refractivity contribution is -0.142. The van der Waals surface area contributed by atoms with Gasteiger partial charge >= 0.3 is 5.97 Å². The zero-order valence-corrected chi connectivity index (χ0v) is 15.6. The highest BCUT2D eigenvalue weighted by atomic mass is 19.1. The first-order valence-electron chi connectivity index (χ1n) is 9.23. The summed E-state index contributed by atoms with van der Waals surface area (Å²) in [7, 11) is 0. The third-order valence-corrected chi connectivity index (χ3v) is 4.88. The molecule has 0 radical (unpaired) electrons. The number of aliphatic carboxylic acids is 1. The average Bonchev–Trinajstić information content (AvgIpc) is 3.02. The van der Waals surface area contributed by atoms with Crippen LogP contribution >= 0.6 is 0 Å². The Bertz CT molecular complexity index is 1050. The van der Waals surface area contributed by atoms with Crippen molar-refractivity contribution in [3.05, 3.63) is 41.6 Å². The Balaban J connectivity index is 1.77. The highest BCUT2D eigenvalue weighted by Crippen LogP contribution is 2.37. The smallest absolute Gasteiger partial charge is 0.306 e. The number of carbonyl (C=O) groups is 1. The van der Waals surface area contributed by atoms with Crippen molar-refractivity contribution in [1.29, 1.82) is 0 Å². The maximum atomic E-state index is 13.7. The quantitative estimate of drug-likeness (QED) is 0.618. The van der Waals surface area contributed by atoms with E-state index in [1.807, 2.05) is 13.8 Å². The third kappa shape index (κ3) is 3.37. The van der Waals surface area contributed by atoms with E-state index in [9.17, 15) is 14.3 Å². The summed E-state index contributed by atoms with van der Waals surface area (Å²) in [5.41, 5.74) is 3.15. The highest BCUT2D eigenvalue weighted by Gasteiger charge is 2.29. The van der Waals surface area contributed by atoms with Gasteiger partial charge in [-0.25, -0.2) is 14.4 Å². The summed E-state index contributed by atoms with van der Waals surface area (Å²) in [6.07, 6.45) is 2.99. The van der Waals surface area contributed by atoms with Crippen LogP contribution in [0.1, 0.15) is 31.5 Å². The molecule has 3 aromatic rings. The minimum absolute atomic E-state index is 0.121. The number of ether oxygens (including phenoxy) is 1. The number of halogens is 1. The number of rotatable bonds is 5. The van der Waals surface area contributed by atoms with Gasteiger partial charge in [0.05, 0.1) is 23.1 Å². The molecular weight excluding hydrogens is 363 g/mol. The molecule has 3 N–H and O–H groups in total. The Kier molecular flexibility index (Phi) is 4.62. The summed E-state index contributed by atoms with van der Waals surface area (Å²) in [6, 6.07) is 4.27. The Hall–Kier alpha value is -3.16. The van der Waals surface area contributed by atoms with Crippen LogP contribution in [0, 0.1) is 11.7 Å². The molecule has 7 nitrogen and oxygen atoms in total. The van der Waals surface area contributed by atoms with Crippen molar-refractivity contribution >= 4 is 28.5 Å². The predicted molar refractivity (Wildman–Crippen MR) is 102 cm³/mol. The standard InChI is InChI=1S/C20H21FN4O3/c1-10(2)28-16-8-12(21)4-6-15(16)25-19-17-13-7-11(20(26)27)3-5-14(13)24-18(17)22-9-23-19/h4,6,8-11H,3,5,7H2,1-2H3,(H,26,27)(H2,22,23,24,25)/t11-/m0/s1. The number of aromatic nitrogens is 3. The fourth-order valence-corrected chi connectivity index (χ4v) is 3.63. The summed E-state index contributed by atoms with van der Waals surface area (Å²) in [5.74, 6) is -0.691. The summed E-state index contributed by atoms with van der Waals surface area (Å²) >= 11 is 0. The number of nitrogens with one attached hydrogen (secondary N) is 2. The molecule has 0 bridgehead atoms. The monoisotopic (exact) mass is 384 g/mol. The normalized spacial score (nSPS) is 16.2. The lowest BCUT2D eigenvalue weighted by atomic mass is 9.86. The molecule has 1 atom stereocenters. The Morgan fingerprint density at radius 1 is 1.39 bits per heavy atom. The second kappa shape index (κ2) is 7.10. The molecule has 8 heteroatoms. The average molecular weight is 384 g/mol. The second-order valence-electron chi connectivity index (χ2n) is 7.24. The van der Waals surface area contributed by atoms with Gasteiger partial charge in [0.1, 0.15) is 29.4 Å². The Labute approximate surface area is 161 Å². The first kappa shape index (κ1) is 18.2. The molecule has 0 fully saturated rings. The van der Waals surface area contributed by atoms with Crippen LogP contribution in [0.25, 0.3) is 11.0 Å². The van der Waals surface area contributed by atoms with Crippen LogP contribution in [0.5, 0.6) is 5.75 Å². The zero-order chi connectivity index (χ0) is 19.8. The Morgan fingerprint density at radius 3 is 2.96 bits per heavy atom. The van der Waals surface area contributed by atoms with Crippen molar-refractivity contribution in [3.8, 4) is 5.75 Å². The van der Waals surface area contributed by atoms with Gasteiger partial charge in [-0.3, -0.25) is 4.79 Å². The van der Waals surface area contributed by atoms with Gasteiger partial charge in [0.15, 0.2) is 0 Å². The lowest BCUT2D eigenvalue weighted by Gasteiger charge is -2.19. The molecule has 4 rings (SSSR count). The van der Waals surface area contributed by atoms with E-state index in [-0.39, 0.29) is 6.10 Å². The number of H-pyrrole nitrogens is 1. The number of aryl methyl sites for hydroxylation is 1. The van der Waals surface area contributed by atoms with Gasteiger partial charge in [-0.15, -0.1) is 0 Å². The minimum atomic E-state index is -0.794. The van der Waals surface area contributed by atoms with E-state index in [1.54, 1.807) is 6.07 Å². The highest BCUT2D eigenvalue weighted by molar-refractivity contribution is 5.94. The molecule has 1 aliphatic rings. The van der Waals surface area contributed by atoms with E-state index in [4.69, 9.17) is 4.74 Å². The van der Waals surface area contributed by atoms with Crippen LogP contribution in [0.4, 0.5) is 15.9 Å². The molecule has 0 unspecified atom stereocenters. The van der Waals surface area contributed by atoms with E-state index in [2.05, 4.69) is 20.3 Å². The molecule has 2 aromatic heterocycles. The number of benzene rings is 1. The molecule has 1 aliphatic carbocycles. The van der Waals surface area contributed by atoms with Crippen molar-refractivity contribution < 1.29 is 19.0 Å². The molecule has 2 heterocycles. The fraction of sp³-hybridized carbons (Fsp3) is 0.350. The van der Waals surface area contributed by atoms with Gasteiger partial charge in [0, 0.05) is 11.8 Å². The number of carboxylic acids is 1. The zero-order valence-electron chi connectivity index (χ0n) is 15.6. The molecule has 0 saturated heterocycles. The number of fused-ring (bicyclic) bond motifs is 3. The predicted octanol–water partition coefficient (Wildman–Crippen LogP) is 3.82. The lowest BCUT2D eigenvalue weighted by Crippen LogP contribution is -2.21. The summed E-state index contributed by atoms with van der Waals surface area (Å²) in [6.45, 7) is 3.73. The molecular formula is C20H21FN4O3. The maximum Gasteiger partial charge on any atom is 0.306 e. The second-order valence-corrected chi connectivity index (χ2v) is 7.24. The van der Waals surface area contributed by atoms with Crippen molar-refractivity contribution in [2.24, 2.45) is 5.92 Å². The topological polar surface area (TPSA) is 100 Å². The number of hydrogen-bond donors (Lipinski definition) is 3. The molecule has 0 amide bonds. The Morgan fingerprint density at radius 2 is 2.21 bits per heavy atom. The third-order valence-electron chi connectivity index (χ3n) is 4.88. The molecule has 28 heavy (non-hydrogen) atoms. The summed E-state index contributed by atoms with van der Waals surface area (Å²) < 4.78 is 19.4. The molecule has 146 valence electrons. The number of aromatic amines is 1. The minimum Gasteiger partial charge on any atom is -0.489 e. The first-order chi connectivity index (χ1) is 13.4. The largest absolute Gasteiger partial charge is 0.489 e. The van der Waals surface area contributed by atoms with E-state index in [1.165, 1.54) is 18.5 Å². The van der Waals surface area contributed by atoms with Gasteiger partial charge in [0.25, 0.3) is 0 Å². The van der Waals surface area contributed by atoms with Crippen molar-refractivity contribution in [2.75, 3.05) is 5.32 Å². The van der Waals surface area contributed by atoms with E-state index < -0.39 is 17.7 Å². The molecule has 0 aliphatic heterocycles. The van der Waals surface area contributed by atoms with Crippen LogP contribution < -0.4 is 10.1 Å². The van der Waals surface area contributed by atoms with E-state index >= 15 is 0 Å². The fourth-order valence-electron chi connectivity index (χ4n) is 3.63. The van der Waals surface area contributed by atoms with Crippen LogP contribution in [0.2, 0.25) is 0 Å². The van der Waals surface area contributed by atoms with Gasteiger partial charge in [-0.2, -0.15) is 0 Å². The molecule has 0 spiro atoms. The van der Waals surface area contributed by atoms with Crippen molar-refractivity contribution in [3.63, 3.8) is 0 Å². The van der Waals surface area contributed by atoms with Crippen LogP contribution in [0.3, 0.4) is 0 Å². The number of anilines is 2. The van der Waals surface area contributed by atoms with Crippen molar-refractivity contribution in [1.82, 2.24) is 15.0 Å². The number of hydrogen-bond acceptors (Lipinski definition) is 5. The van der Waals surface area contributed by atoms with Gasteiger partial charge in [0.2, 0.25) is 0 Å². The molecule has 0 saturated carbocycles. The number of nitrogens with zero attached hydrogens (tertiary/aromatic N) is 2. The number of carboxylic acid groups (broad SMARTS) is 1. The SMILES string of the molecule is CC(C)Oc1cc(F)ccc1Nc1ncnc2[nH]c3c(c12)C[C@@H](C(=O)O)CC3. The molecule has 1 aromatic carbocycles. The van der Waals surface area contributed by atoms with Gasteiger partial charge in [-0.1, -0.05) is 0 Å². The summed E-state index contributed by atoms with van der Waals surface area (Å²) in [4.78, 5) is 23.4. The summed E-state index contributed by atoms with van der Waals surface area (Å²) in [5, 5.41) is 13.4. The van der Waals surface area contributed by atoms with Crippen LogP contribution in [0.15, 0.2) is 24.5 Å².